The van der Waals surface area contributed by atoms with Crippen LogP contribution in [0.2, 0.25) is 5.02 Å². The topological polar surface area (TPSA) is 40.5 Å². The minimum absolute atomic E-state index is 0.0578. The van der Waals surface area contributed by atoms with Gasteiger partial charge in [-0.2, -0.15) is 0 Å². The molecule has 4 heteroatoms. The maximum absolute atomic E-state index is 11.1. The quantitative estimate of drug-likeness (QED) is 0.905. The van der Waals surface area contributed by atoms with Gasteiger partial charge in [0, 0.05) is 10.7 Å². The van der Waals surface area contributed by atoms with Crippen molar-refractivity contribution in [2.24, 2.45) is 0 Å². The first kappa shape index (κ1) is 14.4. The van der Waals surface area contributed by atoms with Crippen LogP contribution in [0.15, 0.2) is 54.6 Å². The van der Waals surface area contributed by atoms with Crippen LogP contribution >= 0.6 is 11.6 Å². The Balaban J connectivity index is 2.33. The first-order valence-electron chi connectivity index (χ1n) is 6.37. The van der Waals surface area contributed by atoms with Gasteiger partial charge >= 0.3 is 5.97 Å². The van der Waals surface area contributed by atoms with Crippen LogP contribution in [0.1, 0.15) is 18.5 Å². The van der Waals surface area contributed by atoms with Crippen LogP contribution in [0.25, 0.3) is 0 Å². The van der Waals surface area contributed by atoms with Gasteiger partial charge in [0.15, 0.2) is 0 Å². The van der Waals surface area contributed by atoms with Crippen molar-refractivity contribution in [1.29, 1.82) is 0 Å². The molecule has 0 fully saturated rings. The molecule has 0 aromatic heterocycles. The van der Waals surface area contributed by atoms with Crippen LogP contribution in [-0.2, 0) is 4.79 Å². The molecule has 0 amide bonds. The highest BCUT2D eigenvalue weighted by atomic mass is 35.5. The van der Waals surface area contributed by atoms with E-state index in [1.807, 2.05) is 66.4 Å². The van der Waals surface area contributed by atoms with Crippen molar-refractivity contribution in [2.75, 3.05) is 11.4 Å². The van der Waals surface area contributed by atoms with Crippen LogP contribution in [0, 0.1) is 0 Å². The summed E-state index contributed by atoms with van der Waals surface area (Å²) in [5.41, 5.74) is 1.87. The molecule has 0 heterocycles. The molecule has 0 saturated heterocycles. The number of anilines is 1. The Morgan fingerprint density at radius 2 is 1.90 bits per heavy atom. The number of carbonyl (C=O) groups is 1. The average molecular weight is 290 g/mol. The first-order valence-corrected chi connectivity index (χ1v) is 6.74. The lowest BCUT2D eigenvalue weighted by Gasteiger charge is -2.30. The van der Waals surface area contributed by atoms with E-state index in [1.54, 1.807) is 0 Å². The minimum atomic E-state index is -0.859. The van der Waals surface area contributed by atoms with E-state index in [0.717, 1.165) is 11.3 Å². The second-order valence-corrected chi connectivity index (χ2v) is 5.02. The second-order valence-electron chi connectivity index (χ2n) is 4.59. The Morgan fingerprint density at radius 3 is 2.50 bits per heavy atom. The Kier molecular flexibility index (Phi) is 4.64. The standard InChI is InChI=1S/C16H16ClNO2/c1-12(13-6-5-7-14(17)10-13)18(11-16(19)20)15-8-3-2-4-9-15/h2-10,12H,11H2,1H3,(H,19,20). The van der Waals surface area contributed by atoms with Crippen LogP contribution in [-0.4, -0.2) is 17.6 Å². The van der Waals surface area contributed by atoms with Gasteiger partial charge in [0.1, 0.15) is 6.54 Å². The van der Waals surface area contributed by atoms with Crippen LogP contribution in [0.4, 0.5) is 5.69 Å². The van der Waals surface area contributed by atoms with Gasteiger partial charge in [-0.3, -0.25) is 4.79 Å². The molecule has 0 radical (unpaired) electrons. The zero-order chi connectivity index (χ0) is 14.5. The first-order chi connectivity index (χ1) is 9.58. The predicted octanol–water partition coefficient (Wildman–Crippen LogP) is 3.99. The fraction of sp³-hybridized carbons (Fsp3) is 0.188. The number of para-hydroxylation sites is 1. The lowest BCUT2D eigenvalue weighted by molar-refractivity contribution is -0.135. The fourth-order valence-corrected chi connectivity index (χ4v) is 2.36. The number of benzene rings is 2. The molecular weight excluding hydrogens is 274 g/mol. The van der Waals surface area contributed by atoms with E-state index in [1.165, 1.54) is 0 Å². The molecule has 1 unspecified atom stereocenters. The van der Waals surface area contributed by atoms with Crippen molar-refractivity contribution in [3.05, 3.63) is 65.2 Å². The van der Waals surface area contributed by atoms with Gasteiger partial charge in [0.25, 0.3) is 0 Å². The van der Waals surface area contributed by atoms with Gasteiger partial charge in [-0.05, 0) is 36.8 Å². The molecule has 0 spiro atoms. The largest absolute Gasteiger partial charge is 0.480 e. The van der Waals surface area contributed by atoms with Gasteiger partial charge in [-0.1, -0.05) is 41.9 Å². The molecule has 20 heavy (non-hydrogen) atoms. The van der Waals surface area contributed by atoms with Gasteiger partial charge in [0.05, 0.1) is 6.04 Å². The predicted molar refractivity (Wildman–Crippen MR) is 81.3 cm³/mol. The summed E-state index contributed by atoms with van der Waals surface area (Å²) < 4.78 is 0. The summed E-state index contributed by atoms with van der Waals surface area (Å²) in [5.74, 6) is -0.859. The van der Waals surface area contributed by atoms with Gasteiger partial charge in [0.2, 0.25) is 0 Å². The molecule has 2 aromatic carbocycles. The third-order valence-electron chi connectivity index (χ3n) is 3.19. The maximum Gasteiger partial charge on any atom is 0.323 e. The Morgan fingerprint density at radius 1 is 1.20 bits per heavy atom. The zero-order valence-electron chi connectivity index (χ0n) is 11.2. The molecule has 0 aliphatic carbocycles. The Labute approximate surface area is 123 Å². The van der Waals surface area contributed by atoms with Crippen molar-refractivity contribution in [1.82, 2.24) is 0 Å². The molecular formula is C16H16ClNO2. The third kappa shape index (κ3) is 3.52. The van der Waals surface area contributed by atoms with Crippen LogP contribution < -0.4 is 4.90 Å². The van der Waals surface area contributed by atoms with Gasteiger partial charge in [-0.25, -0.2) is 0 Å². The number of carboxylic acids is 1. The van der Waals surface area contributed by atoms with Gasteiger partial charge < -0.3 is 10.0 Å². The van der Waals surface area contributed by atoms with E-state index in [9.17, 15) is 4.79 Å². The van der Waals surface area contributed by atoms with E-state index in [-0.39, 0.29) is 12.6 Å². The summed E-state index contributed by atoms with van der Waals surface area (Å²) >= 11 is 6.01. The number of rotatable bonds is 5. The molecule has 2 rings (SSSR count). The zero-order valence-corrected chi connectivity index (χ0v) is 11.9. The maximum atomic E-state index is 11.1. The van der Waals surface area contributed by atoms with Crippen molar-refractivity contribution in [3.8, 4) is 0 Å². The van der Waals surface area contributed by atoms with Crippen molar-refractivity contribution in [3.63, 3.8) is 0 Å². The Bertz CT molecular complexity index is 586. The molecule has 0 aliphatic heterocycles. The molecule has 3 nitrogen and oxygen atoms in total. The second kappa shape index (κ2) is 6.44. The van der Waals surface area contributed by atoms with Crippen molar-refractivity contribution >= 4 is 23.3 Å². The number of aliphatic carboxylic acids is 1. The third-order valence-corrected chi connectivity index (χ3v) is 3.43. The number of nitrogens with zero attached hydrogens (tertiary/aromatic N) is 1. The minimum Gasteiger partial charge on any atom is -0.480 e. The molecule has 0 aliphatic rings. The summed E-state index contributed by atoms with van der Waals surface area (Å²) in [6.07, 6.45) is 0. The molecule has 1 atom stereocenters. The van der Waals surface area contributed by atoms with Crippen LogP contribution in [0.3, 0.4) is 0 Å². The molecule has 0 saturated carbocycles. The number of halogens is 1. The SMILES string of the molecule is CC(c1cccc(Cl)c1)N(CC(=O)O)c1ccccc1. The number of hydrogen-bond donors (Lipinski definition) is 1. The van der Waals surface area contributed by atoms with Crippen molar-refractivity contribution in [2.45, 2.75) is 13.0 Å². The summed E-state index contributed by atoms with van der Waals surface area (Å²) in [5, 5.41) is 9.78. The fourth-order valence-electron chi connectivity index (χ4n) is 2.16. The van der Waals surface area contributed by atoms with Crippen molar-refractivity contribution < 1.29 is 9.90 Å². The molecule has 2 aromatic rings. The van der Waals surface area contributed by atoms with E-state index in [0.29, 0.717) is 5.02 Å². The van der Waals surface area contributed by atoms with Gasteiger partial charge in [-0.15, -0.1) is 0 Å². The van der Waals surface area contributed by atoms with Crippen LogP contribution in [0.5, 0.6) is 0 Å². The normalized spacial score (nSPS) is 11.9. The summed E-state index contributed by atoms with van der Waals surface area (Å²) in [6, 6.07) is 16.9. The summed E-state index contributed by atoms with van der Waals surface area (Å²) in [6.45, 7) is 1.92. The molecule has 104 valence electrons. The highest BCUT2D eigenvalue weighted by molar-refractivity contribution is 6.30. The average Bonchev–Trinajstić information content (AvgIpc) is 2.45. The highest BCUT2D eigenvalue weighted by Crippen LogP contribution is 2.27. The van der Waals surface area contributed by atoms with E-state index in [2.05, 4.69) is 0 Å². The number of hydrogen-bond acceptors (Lipinski definition) is 2. The molecule has 0 bridgehead atoms. The Hall–Kier alpha value is -2.00. The smallest absolute Gasteiger partial charge is 0.323 e. The highest BCUT2D eigenvalue weighted by Gasteiger charge is 2.19. The lowest BCUT2D eigenvalue weighted by Crippen LogP contribution is -2.32. The summed E-state index contributed by atoms with van der Waals surface area (Å²) in [7, 11) is 0. The monoisotopic (exact) mass is 289 g/mol. The summed E-state index contributed by atoms with van der Waals surface area (Å²) in [4.78, 5) is 13.0. The number of carboxylic acid groups (broad SMARTS) is 1. The van der Waals surface area contributed by atoms with E-state index < -0.39 is 5.97 Å². The molecule has 1 N–H and O–H groups in total. The van der Waals surface area contributed by atoms with E-state index in [4.69, 9.17) is 16.7 Å². The lowest BCUT2D eigenvalue weighted by atomic mass is 10.1. The van der Waals surface area contributed by atoms with E-state index >= 15 is 0 Å².